The van der Waals surface area contributed by atoms with Crippen LogP contribution in [0.15, 0.2) is 29.3 Å². The molecule has 1 aliphatic carbocycles. The van der Waals surface area contributed by atoms with Crippen LogP contribution in [-0.2, 0) is 18.8 Å². The molecule has 3 aromatic rings. The predicted molar refractivity (Wildman–Crippen MR) is 98.5 cm³/mol. The fourth-order valence-electron chi connectivity index (χ4n) is 3.61. The number of aryl methyl sites for hydroxylation is 1. The van der Waals surface area contributed by atoms with E-state index < -0.39 is 45.4 Å². The molecule has 1 atom stereocenters. The van der Waals surface area contributed by atoms with Gasteiger partial charge in [-0.1, -0.05) is 11.6 Å². The van der Waals surface area contributed by atoms with Gasteiger partial charge in [0.2, 0.25) is 0 Å². The van der Waals surface area contributed by atoms with Gasteiger partial charge < -0.3 is 10.3 Å². The molecule has 1 fully saturated rings. The van der Waals surface area contributed by atoms with Gasteiger partial charge >= 0.3 is 12.4 Å². The van der Waals surface area contributed by atoms with Gasteiger partial charge in [0.25, 0.3) is 5.56 Å². The number of hydrogen-bond donors (Lipinski definition) is 1. The Morgan fingerprint density at radius 3 is 2.35 bits per heavy atom. The minimum atomic E-state index is -5.19. The third kappa shape index (κ3) is 3.28. The minimum absolute atomic E-state index is 0.0366. The molecular weight excluding hydrogens is 452 g/mol. The van der Waals surface area contributed by atoms with Crippen molar-refractivity contribution >= 4 is 22.5 Å². The van der Waals surface area contributed by atoms with Crippen molar-refractivity contribution in [2.45, 2.75) is 36.8 Å². The Labute approximate surface area is 175 Å². The van der Waals surface area contributed by atoms with Gasteiger partial charge in [-0.15, -0.1) is 0 Å². The second-order valence-corrected chi connectivity index (χ2v) is 7.76. The molecule has 0 aromatic carbocycles. The Kier molecular flexibility index (Phi) is 4.67. The van der Waals surface area contributed by atoms with E-state index in [1.165, 1.54) is 23.9 Å². The molecule has 0 bridgehead atoms. The average molecular weight is 466 g/mol. The number of hydrogen-bond acceptors (Lipinski definition) is 4. The first-order valence-electron chi connectivity index (χ1n) is 8.94. The molecule has 3 aromatic heterocycles. The number of halogens is 7. The molecule has 4 rings (SSSR count). The zero-order valence-electron chi connectivity index (χ0n) is 15.7. The lowest BCUT2D eigenvalue weighted by Crippen LogP contribution is -2.52. The fourth-order valence-corrected chi connectivity index (χ4v) is 3.88. The SMILES string of the molecule is Cn1nc2c(=O)n(C3CC3)ccc2c1[C@@](N)(c1cnc(C(F)(F)F)c(Cl)c1)C(F)(F)F. The molecule has 6 nitrogen and oxygen atoms in total. The van der Waals surface area contributed by atoms with E-state index in [1.54, 1.807) is 0 Å². The molecule has 0 aliphatic heterocycles. The van der Waals surface area contributed by atoms with E-state index in [9.17, 15) is 31.1 Å². The van der Waals surface area contributed by atoms with Gasteiger partial charge in [0, 0.05) is 36.4 Å². The lowest BCUT2D eigenvalue weighted by molar-refractivity contribution is -0.178. The number of aromatic nitrogens is 4. The van der Waals surface area contributed by atoms with Crippen LogP contribution in [0.5, 0.6) is 0 Å². The summed E-state index contributed by atoms with van der Waals surface area (Å²) in [7, 11) is 1.17. The van der Waals surface area contributed by atoms with E-state index in [-0.39, 0.29) is 16.9 Å². The van der Waals surface area contributed by atoms with Crippen molar-refractivity contribution in [2.75, 3.05) is 0 Å². The highest BCUT2D eigenvalue weighted by Gasteiger charge is 2.58. The monoisotopic (exact) mass is 465 g/mol. The molecule has 0 spiro atoms. The molecule has 0 amide bonds. The molecule has 0 radical (unpaired) electrons. The molecule has 3 heterocycles. The molecule has 1 aliphatic rings. The van der Waals surface area contributed by atoms with Gasteiger partial charge in [-0.2, -0.15) is 31.4 Å². The standard InChI is InChI=1S/C18H14ClF6N5O/c1-29-14(10-4-5-30(9-2-3-9)15(31)12(10)28-29)16(26,18(23,24)25)8-6-11(19)13(27-7-8)17(20,21)22/h4-7,9H,2-3,26H2,1H3/t16-/m0/s1. The third-order valence-electron chi connectivity index (χ3n) is 5.25. The van der Waals surface area contributed by atoms with Crippen LogP contribution >= 0.6 is 11.6 Å². The lowest BCUT2D eigenvalue weighted by atomic mass is 9.86. The summed E-state index contributed by atoms with van der Waals surface area (Å²) in [6.45, 7) is 0. The summed E-state index contributed by atoms with van der Waals surface area (Å²) in [5, 5.41) is 2.74. The second kappa shape index (κ2) is 6.70. The topological polar surface area (TPSA) is 78.7 Å². The maximum atomic E-state index is 14.3. The Balaban J connectivity index is 1.99. The number of rotatable bonds is 3. The van der Waals surface area contributed by atoms with Gasteiger partial charge in [0.1, 0.15) is 0 Å². The molecule has 166 valence electrons. The van der Waals surface area contributed by atoms with E-state index >= 15 is 0 Å². The van der Waals surface area contributed by atoms with Crippen LogP contribution in [0.25, 0.3) is 10.9 Å². The number of nitrogens with zero attached hydrogens (tertiary/aromatic N) is 4. The van der Waals surface area contributed by atoms with Crippen LogP contribution in [0.4, 0.5) is 26.3 Å². The zero-order valence-corrected chi connectivity index (χ0v) is 16.5. The maximum absolute atomic E-state index is 14.3. The highest BCUT2D eigenvalue weighted by molar-refractivity contribution is 6.31. The summed E-state index contributed by atoms with van der Waals surface area (Å²) in [6.07, 6.45) is -6.87. The van der Waals surface area contributed by atoms with E-state index in [4.69, 9.17) is 17.3 Å². The average Bonchev–Trinajstić information content (AvgIpc) is 3.41. The summed E-state index contributed by atoms with van der Waals surface area (Å²) in [6, 6.07) is 1.74. The first-order valence-corrected chi connectivity index (χ1v) is 9.31. The van der Waals surface area contributed by atoms with Crippen LogP contribution in [-0.4, -0.2) is 25.5 Å². The zero-order chi connectivity index (χ0) is 22.9. The first-order chi connectivity index (χ1) is 14.3. The summed E-state index contributed by atoms with van der Waals surface area (Å²) in [5.41, 5.74) is -1.27. The Bertz CT molecular complexity index is 1240. The normalized spacial score (nSPS) is 17.2. The number of pyridine rings is 2. The Hall–Kier alpha value is -2.60. The smallest absolute Gasteiger partial charge is 0.311 e. The van der Waals surface area contributed by atoms with Crippen LogP contribution in [0.2, 0.25) is 5.02 Å². The lowest BCUT2D eigenvalue weighted by Gasteiger charge is -2.32. The van der Waals surface area contributed by atoms with Gasteiger partial charge in [-0.3, -0.25) is 9.48 Å². The number of alkyl halides is 6. The maximum Gasteiger partial charge on any atom is 0.434 e. The third-order valence-corrected chi connectivity index (χ3v) is 5.54. The highest BCUT2D eigenvalue weighted by Crippen LogP contribution is 2.45. The Morgan fingerprint density at radius 2 is 1.84 bits per heavy atom. The van der Waals surface area contributed by atoms with Gasteiger partial charge in [0.05, 0.1) is 10.7 Å². The van der Waals surface area contributed by atoms with Crippen molar-refractivity contribution in [3.05, 3.63) is 56.9 Å². The van der Waals surface area contributed by atoms with Crippen LogP contribution in [0, 0.1) is 0 Å². The van der Waals surface area contributed by atoms with Crippen molar-refractivity contribution in [3.8, 4) is 0 Å². The second-order valence-electron chi connectivity index (χ2n) is 7.35. The Morgan fingerprint density at radius 1 is 1.19 bits per heavy atom. The molecule has 0 unspecified atom stereocenters. The molecule has 0 saturated heterocycles. The molecule has 2 N–H and O–H groups in total. The van der Waals surface area contributed by atoms with E-state index in [0.717, 1.165) is 17.5 Å². The van der Waals surface area contributed by atoms with Crippen LogP contribution in [0.3, 0.4) is 0 Å². The molecule has 13 heteroatoms. The van der Waals surface area contributed by atoms with Gasteiger partial charge in [-0.25, -0.2) is 4.98 Å². The number of nitrogens with two attached hydrogens (primary N) is 1. The quantitative estimate of drug-likeness (QED) is 0.595. The fraction of sp³-hybridized carbons (Fsp3) is 0.389. The van der Waals surface area contributed by atoms with E-state index in [1.807, 2.05) is 0 Å². The highest BCUT2D eigenvalue weighted by atomic mass is 35.5. The van der Waals surface area contributed by atoms with Crippen molar-refractivity contribution in [1.29, 1.82) is 0 Å². The number of fused-ring (bicyclic) bond motifs is 1. The van der Waals surface area contributed by atoms with E-state index in [0.29, 0.717) is 12.3 Å². The summed E-state index contributed by atoms with van der Waals surface area (Å²) < 4.78 is 84.0. The summed E-state index contributed by atoms with van der Waals surface area (Å²) in [5.74, 6) is 0. The first kappa shape index (κ1) is 21.6. The molecule has 31 heavy (non-hydrogen) atoms. The predicted octanol–water partition coefficient (Wildman–Crippen LogP) is 3.90. The molecular formula is C18H14ClF6N5O. The van der Waals surface area contributed by atoms with Crippen molar-refractivity contribution in [2.24, 2.45) is 12.8 Å². The van der Waals surface area contributed by atoms with Crippen LogP contribution < -0.4 is 11.3 Å². The minimum Gasteiger partial charge on any atom is -0.311 e. The van der Waals surface area contributed by atoms with E-state index in [2.05, 4.69) is 10.1 Å². The largest absolute Gasteiger partial charge is 0.434 e. The van der Waals surface area contributed by atoms with Crippen molar-refractivity contribution in [3.63, 3.8) is 0 Å². The molecule has 1 saturated carbocycles. The van der Waals surface area contributed by atoms with Gasteiger partial charge in [-0.05, 0) is 25.0 Å². The summed E-state index contributed by atoms with van der Waals surface area (Å²) in [4.78, 5) is 15.8. The summed E-state index contributed by atoms with van der Waals surface area (Å²) >= 11 is 5.60. The van der Waals surface area contributed by atoms with Crippen LogP contribution in [0.1, 0.15) is 35.8 Å². The van der Waals surface area contributed by atoms with Crippen molar-refractivity contribution < 1.29 is 26.3 Å². The van der Waals surface area contributed by atoms with Gasteiger partial charge in [0.15, 0.2) is 16.7 Å². The van der Waals surface area contributed by atoms with Crippen molar-refractivity contribution in [1.82, 2.24) is 19.3 Å².